The van der Waals surface area contributed by atoms with Crippen LogP contribution in [0, 0.1) is 12.3 Å². The molecule has 2 N–H and O–H groups in total. The van der Waals surface area contributed by atoms with E-state index in [4.69, 9.17) is 12.2 Å². The average molecular weight is 335 g/mol. The molecule has 1 rings (SSSR count). The minimum absolute atomic E-state index is 0. The van der Waals surface area contributed by atoms with Crippen molar-refractivity contribution in [2.45, 2.75) is 45.1 Å². The molecule has 16 heavy (non-hydrogen) atoms. The summed E-state index contributed by atoms with van der Waals surface area (Å²) >= 11 is 0. The Kier molecular flexibility index (Phi) is 8.44. The predicted octanol–water partition coefficient (Wildman–Crippen LogP) is 2.21. The van der Waals surface area contributed by atoms with Crippen LogP contribution in [0.15, 0.2) is 4.99 Å². The third-order valence-corrected chi connectivity index (χ3v) is 2.80. The molecule has 0 aromatic rings. The summed E-state index contributed by atoms with van der Waals surface area (Å²) in [5, 5.41) is 0. The van der Waals surface area contributed by atoms with E-state index in [1.54, 1.807) is 0 Å². The van der Waals surface area contributed by atoms with Gasteiger partial charge >= 0.3 is 0 Å². The molecule has 0 aliphatic carbocycles. The number of nitrogens with two attached hydrogens (primary N) is 1. The summed E-state index contributed by atoms with van der Waals surface area (Å²) in [6.07, 6.45) is 11.2. The highest BCUT2D eigenvalue weighted by atomic mass is 127. The van der Waals surface area contributed by atoms with Crippen molar-refractivity contribution in [1.82, 2.24) is 4.90 Å². The summed E-state index contributed by atoms with van der Waals surface area (Å²) in [5.74, 6) is 3.27. The van der Waals surface area contributed by atoms with E-state index in [0.717, 1.165) is 19.5 Å². The molecule has 0 aromatic carbocycles. The van der Waals surface area contributed by atoms with E-state index in [1.807, 2.05) is 6.92 Å². The molecule has 1 unspecified atom stereocenters. The molecule has 1 saturated heterocycles. The lowest BCUT2D eigenvalue weighted by molar-refractivity contribution is 0.427. The van der Waals surface area contributed by atoms with Gasteiger partial charge in [-0.2, -0.15) is 0 Å². The fraction of sp³-hybridized carbons (Fsp3) is 0.750. The van der Waals surface area contributed by atoms with E-state index in [0.29, 0.717) is 5.96 Å². The first-order valence-electron chi connectivity index (χ1n) is 5.82. The van der Waals surface area contributed by atoms with Gasteiger partial charge in [-0.15, -0.1) is 30.4 Å². The Morgan fingerprint density at radius 1 is 1.38 bits per heavy atom. The molecule has 4 heteroatoms. The quantitative estimate of drug-likeness (QED) is 0.364. The van der Waals surface area contributed by atoms with Crippen molar-refractivity contribution in [3.8, 4) is 12.3 Å². The zero-order valence-corrected chi connectivity index (χ0v) is 12.3. The molecule has 1 heterocycles. The van der Waals surface area contributed by atoms with Crippen molar-refractivity contribution in [2.24, 2.45) is 10.7 Å². The molecular weight excluding hydrogens is 313 g/mol. The summed E-state index contributed by atoms with van der Waals surface area (Å²) in [7, 11) is 0. The van der Waals surface area contributed by atoms with Crippen molar-refractivity contribution in [1.29, 1.82) is 0 Å². The van der Waals surface area contributed by atoms with Crippen LogP contribution in [0.2, 0.25) is 0 Å². The monoisotopic (exact) mass is 335 g/mol. The van der Waals surface area contributed by atoms with Crippen LogP contribution >= 0.6 is 24.0 Å². The van der Waals surface area contributed by atoms with Crippen LogP contribution in [0.3, 0.4) is 0 Å². The molecule has 92 valence electrons. The van der Waals surface area contributed by atoms with Gasteiger partial charge in [0.15, 0.2) is 5.96 Å². The molecule has 1 atom stereocenters. The Morgan fingerprint density at radius 3 is 2.38 bits per heavy atom. The third kappa shape index (κ3) is 5.06. The largest absolute Gasteiger partial charge is 0.370 e. The minimum atomic E-state index is -0.0618. The van der Waals surface area contributed by atoms with Crippen LogP contribution in [-0.4, -0.2) is 30.0 Å². The lowest BCUT2D eigenvalue weighted by atomic mass is 10.2. The number of aliphatic imine (C=N–C) groups is 1. The molecule has 0 radical (unpaired) electrons. The van der Waals surface area contributed by atoms with Crippen molar-refractivity contribution in [3.05, 3.63) is 0 Å². The van der Waals surface area contributed by atoms with Gasteiger partial charge in [-0.1, -0.05) is 25.7 Å². The Labute approximate surface area is 116 Å². The number of halogens is 1. The second-order valence-electron chi connectivity index (χ2n) is 3.98. The molecule has 0 spiro atoms. The second kappa shape index (κ2) is 8.68. The van der Waals surface area contributed by atoms with Gasteiger partial charge in [-0.25, -0.2) is 4.99 Å². The Morgan fingerprint density at radius 2 is 1.94 bits per heavy atom. The lowest BCUT2D eigenvalue weighted by Crippen LogP contribution is -2.38. The van der Waals surface area contributed by atoms with Gasteiger partial charge in [-0.3, -0.25) is 0 Å². The number of guanidine groups is 1. The minimum Gasteiger partial charge on any atom is -0.370 e. The highest BCUT2D eigenvalue weighted by molar-refractivity contribution is 14.0. The maximum Gasteiger partial charge on any atom is 0.192 e. The van der Waals surface area contributed by atoms with Crippen LogP contribution in [0.5, 0.6) is 0 Å². The first-order valence-corrected chi connectivity index (χ1v) is 5.82. The topological polar surface area (TPSA) is 41.6 Å². The summed E-state index contributed by atoms with van der Waals surface area (Å²) in [5.41, 5.74) is 5.95. The zero-order valence-electron chi connectivity index (χ0n) is 9.98. The predicted molar refractivity (Wildman–Crippen MR) is 80.0 cm³/mol. The Balaban J connectivity index is 0.00000225. The fourth-order valence-electron chi connectivity index (χ4n) is 1.79. The molecule has 1 aliphatic heterocycles. The van der Waals surface area contributed by atoms with Gasteiger partial charge < -0.3 is 10.6 Å². The van der Waals surface area contributed by atoms with E-state index < -0.39 is 0 Å². The SMILES string of the molecule is C#CC(CC)N=C(N)N1CCCCCC1.I. The number of terminal acetylenes is 1. The Hall–Kier alpha value is -0.440. The van der Waals surface area contributed by atoms with Gasteiger partial charge in [0.25, 0.3) is 0 Å². The molecule has 0 amide bonds. The fourth-order valence-corrected chi connectivity index (χ4v) is 1.79. The van der Waals surface area contributed by atoms with E-state index in [-0.39, 0.29) is 30.0 Å². The van der Waals surface area contributed by atoms with Crippen LogP contribution < -0.4 is 5.73 Å². The third-order valence-electron chi connectivity index (χ3n) is 2.80. The van der Waals surface area contributed by atoms with E-state index in [9.17, 15) is 0 Å². The maximum absolute atomic E-state index is 5.95. The van der Waals surface area contributed by atoms with Gasteiger partial charge in [0.1, 0.15) is 6.04 Å². The second-order valence-corrected chi connectivity index (χ2v) is 3.98. The summed E-state index contributed by atoms with van der Waals surface area (Å²) in [6, 6.07) is -0.0618. The number of likely N-dealkylation sites (tertiary alicyclic amines) is 1. The van der Waals surface area contributed by atoms with Crippen LogP contribution in [0.1, 0.15) is 39.0 Å². The first-order chi connectivity index (χ1) is 7.27. The van der Waals surface area contributed by atoms with Crippen LogP contribution in [0.4, 0.5) is 0 Å². The zero-order chi connectivity index (χ0) is 11.1. The van der Waals surface area contributed by atoms with E-state index in [1.165, 1.54) is 25.7 Å². The van der Waals surface area contributed by atoms with Gasteiger partial charge in [0, 0.05) is 13.1 Å². The summed E-state index contributed by atoms with van der Waals surface area (Å²) in [6.45, 7) is 4.08. The Bertz CT molecular complexity index is 249. The molecule has 0 saturated carbocycles. The molecular formula is C12H22IN3. The molecule has 1 aliphatic rings. The molecule has 3 nitrogen and oxygen atoms in total. The number of rotatable bonds is 2. The number of hydrogen-bond donors (Lipinski definition) is 1. The van der Waals surface area contributed by atoms with Crippen LogP contribution in [-0.2, 0) is 0 Å². The average Bonchev–Trinajstić information content (AvgIpc) is 2.54. The number of hydrogen-bond acceptors (Lipinski definition) is 1. The smallest absolute Gasteiger partial charge is 0.192 e. The summed E-state index contributed by atoms with van der Waals surface area (Å²) in [4.78, 5) is 6.52. The molecule has 0 bridgehead atoms. The van der Waals surface area contributed by atoms with Crippen LogP contribution in [0.25, 0.3) is 0 Å². The van der Waals surface area contributed by atoms with Crippen molar-refractivity contribution < 1.29 is 0 Å². The van der Waals surface area contributed by atoms with Crippen molar-refractivity contribution in [2.75, 3.05) is 13.1 Å². The standard InChI is InChI=1S/C12H21N3.HI/c1-3-11(4-2)14-12(13)15-9-7-5-6-8-10-15;/h1,11H,4-10H2,2H3,(H2,13,14);1H. The van der Waals surface area contributed by atoms with Gasteiger partial charge in [-0.05, 0) is 19.3 Å². The van der Waals surface area contributed by atoms with E-state index >= 15 is 0 Å². The lowest BCUT2D eigenvalue weighted by Gasteiger charge is -2.21. The summed E-state index contributed by atoms with van der Waals surface area (Å²) < 4.78 is 0. The van der Waals surface area contributed by atoms with Gasteiger partial charge in [0.2, 0.25) is 0 Å². The molecule has 1 fully saturated rings. The van der Waals surface area contributed by atoms with E-state index in [2.05, 4.69) is 15.8 Å². The highest BCUT2D eigenvalue weighted by Crippen LogP contribution is 2.09. The highest BCUT2D eigenvalue weighted by Gasteiger charge is 2.11. The number of nitrogens with zero attached hydrogens (tertiary/aromatic N) is 2. The molecule has 0 aromatic heterocycles. The van der Waals surface area contributed by atoms with Crippen molar-refractivity contribution in [3.63, 3.8) is 0 Å². The first kappa shape index (κ1) is 15.6. The van der Waals surface area contributed by atoms with Crippen molar-refractivity contribution >= 4 is 29.9 Å². The van der Waals surface area contributed by atoms with Gasteiger partial charge in [0.05, 0.1) is 0 Å². The maximum atomic E-state index is 5.95. The normalized spacial score (nSPS) is 19.2.